The van der Waals surface area contributed by atoms with Crippen LogP contribution in [0.25, 0.3) is 0 Å². The first-order valence-corrected chi connectivity index (χ1v) is 11.2. The molecule has 5 aliphatic rings. The first-order valence-electron chi connectivity index (χ1n) is 11.2. The van der Waals surface area contributed by atoms with Gasteiger partial charge in [0.25, 0.3) is 0 Å². The molecular weight excluding hydrogens is 306 g/mol. The van der Waals surface area contributed by atoms with Gasteiger partial charge in [-0.3, -0.25) is 0 Å². The zero-order chi connectivity index (χ0) is 17.4. The number of hydrogen-bond acceptors (Lipinski definition) is 2. The molecule has 1 spiro atoms. The lowest BCUT2D eigenvalue weighted by Gasteiger charge is -2.61. The summed E-state index contributed by atoms with van der Waals surface area (Å²) in [6.07, 6.45) is 13.9. The van der Waals surface area contributed by atoms with Crippen LogP contribution < -0.4 is 0 Å². The molecule has 0 aromatic carbocycles. The molecule has 4 saturated carbocycles. The summed E-state index contributed by atoms with van der Waals surface area (Å²) in [4.78, 5) is 2.50. The summed E-state index contributed by atoms with van der Waals surface area (Å²) < 4.78 is 6.23. The number of nitrogens with zero attached hydrogens (tertiary/aromatic N) is 1. The molecule has 25 heavy (non-hydrogen) atoms. The highest BCUT2D eigenvalue weighted by Crippen LogP contribution is 2.69. The number of rotatable bonds is 1. The fourth-order valence-corrected chi connectivity index (χ4v) is 8.95. The van der Waals surface area contributed by atoms with Gasteiger partial charge in [-0.2, -0.15) is 0 Å². The fraction of sp³-hybridized carbons (Fsp3) is 1.00. The van der Waals surface area contributed by atoms with Gasteiger partial charge in [-0.25, -0.2) is 0 Å². The summed E-state index contributed by atoms with van der Waals surface area (Å²) in [6, 6.07) is 0.838. The molecular formula is C23H39NO. The third kappa shape index (κ3) is 2.22. The highest BCUT2D eigenvalue weighted by molar-refractivity contribution is 5.13. The minimum Gasteiger partial charge on any atom is -0.378 e. The molecule has 0 N–H and O–H groups in total. The smallest absolute Gasteiger partial charge is 0.0581 e. The molecule has 0 amide bonds. The van der Waals surface area contributed by atoms with E-state index >= 15 is 0 Å². The fourth-order valence-electron chi connectivity index (χ4n) is 8.95. The Balaban J connectivity index is 1.40. The quantitative estimate of drug-likeness (QED) is 0.665. The first-order chi connectivity index (χ1) is 12.0. The maximum absolute atomic E-state index is 6.23. The molecule has 9 atom stereocenters. The molecule has 0 bridgehead atoms. The van der Waals surface area contributed by atoms with Crippen LogP contribution in [-0.2, 0) is 4.74 Å². The van der Waals surface area contributed by atoms with Gasteiger partial charge in [0.05, 0.1) is 12.7 Å². The van der Waals surface area contributed by atoms with Crippen molar-refractivity contribution >= 4 is 0 Å². The van der Waals surface area contributed by atoms with E-state index in [2.05, 4.69) is 32.8 Å². The maximum atomic E-state index is 6.23. The summed E-state index contributed by atoms with van der Waals surface area (Å²) in [5.74, 6) is 4.89. The Morgan fingerprint density at radius 3 is 2.48 bits per heavy atom. The Morgan fingerprint density at radius 1 is 0.880 bits per heavy atom. The van der Waals surface area contributed by atoms with E-state index < -0.39 is 0 Å². The molecule has 1 aliphatic heterocycles. The number of hydrogen-bond donors (Lipinski definition) is 0. The van der Waals surface area contributed by atoms with Gasteiger partial charge in [0.2, 0.25) is 0 Å². The van der Waals surface area contributed by atoms with E-state index in [0.29, 0.717) is 16.9 Å². The van der Waals surface area contributed by atoms with Crippen LogP contribution in [0.5, 0.6) is 0 Å². The van der Waals surface area contributed by atoms with Crippen molar-refractivity contribution < 1.29 is 4.74 Å². The molecule has 5 fully saturated rings. The second-order valence-corrected chi connectivity index (χ2v) is 11.0. The van der Waals surface area contributed by atoms with E-state index in [1.807, 2.05) is 0 Å². The molecule has 1 saturated heterocycles. The van der Waals surface area contributed by atoms with Gasteiger partial charge in [-0.1, -0.05) is 6.92 Å². The Kier molecular flexibility index (Phi) is 3.89. The highest BCUT2D eigenvalue weighted by atomic mass is 16.5. The van der Waals surface area contributed by atoms with Crippen molar-refractivity contribution in [1.82, 2.24) is 4.90 Å². The average molecular weight is 346 g/mol. The van der Waals surface area contributed by atoms with Crippen LogP contribution in [0.15, 0.2) is 0 Å². The maximum Gasteiger partial charge on any atom is 0.0581 e. The van der Waals surface area contributed by atoms with E-state index in [1.165, 1.54) is 57.8 Å². The SMILES string of the molecule is C[C@H]1OC[C@]23CC[C@H]4[C@@H](CC[C@H]5C[C@@H](N(C)C)CC[C@@]54C)[C@@H]2CC[C@H]13. The molecule has 2 nitrogen and oxygen atoms in total. The van der Waals surface area contributed by atoms with Gasteiger partial charge in [0.1, 0.15) is 0 Å². The third-order valence-corrected chi connectivity index (χ3v) is 10.3. The van der Waals surface area contributed by atoms with Crippen molar-refractivity contribution in [1.29, 1.82) is 0 Å². The first kappa shape index (κ1) is 17.0. The van der Waals surface area contributed by atoms with Crippen LogP contribution in [0.2, 0.25) is 0 Å². The second kappa shape index (κ2) is 5.71. The zero-order valence-corrected chi connectivity index (χ0v) is 17.0. The van der Waals surface area contributed by atoms with Gasteiger partial charge < -0.3 is 9.64 Å². The van der Waals surface area contributed by atoms with Crippen LogP contribution in [-0.4, -0.2) is 37.7 Å². The Morgan fingerprint density at radius 2 is 1.68 bits per heavy atom. The highest BCUT2D eigenvalue weighted by Gasteiger charge is 2.64. The van der Waals surface area contributed by atoms with Crippen LogP contribution in [0.1, 0.15) is 71.6 Å². The molecule has 2 heteroatoms. The second-order valence-electron chi connectivity index (χ2n) is 11.0. The topological polar surface area (TPSA) is 12.5 Å². The predicted octanol–water partition coefficient (Wildman–Crippen LogP) is 4.97. The minimum absolute atomic E-state index is 0.531. The Hall–Kier alpha value is -0.0800. The molecule has 4 aliphatic carbocycles. The van der Waals surface area contributed by atoms with Crippen molar-refractivity contribution in [2.24, 2.45) is 40.4 Å². The van der Waals surface area contributed by atoms with E-state index in [1.54, 1.807) is 0 Å². The number of ether oxygens (including phenoxy) is 1. The molecule has 0 unspecified atom stereocenters. The lowest BCUT2D eigenvalue weighted by Crippen LogP contribution is -2.55. The van der Waals surface area contributed by atoms with Crippen LogP contribution in [0, 0.1) is 40.4 Å². The van der Waals surface area contributed by atoms with Crippen LogP contribution >= 0.6 is 0 Å². The summed E-state index contributed by atoms with van der Waals surface area (Å²) in [5.41, 5.74) is 1.23. The number of fused-ring (bicyclic) bond motifs is 4. The molecule has 0 radical (unpaired) electrons. The van der Waals surface area contributed by atoms with Gasteiger partial charge in [-0.05, 0) is 114 Å². The zero-order valence-electron chi connectivity index (χ0n) is 17.0. The summed E-state index contributed by atoms with van der Waals surface area (Å²) >= 11 is 0. The van der Waals surface area contributed by atoms with E-state index in [-0.39, 0.29) is 0 Å². The lowest BCUT2D eigenvalue weighted by molar-refractivity contribution is -0.121. The van der Waals surface area contributed by atoms with E-state index in [4.69, 9.17) is 4.74 Å². The largest absolute Gasteiger partial charge is 0.378 e. The minimum atomic E-state index is 0.531. The molecule has 0 aromatic rings. The van der Waals surface area contributed by atoms with E-state index in [0.717, 1.165) is 42.2 Å². The van der Waals surface area contributed by atoms with Crippen molar-refractivity contribution in [2.45, 2.75) is 83.8 Å². The van der Waals surface area contributed by atoms with Gasteiger partial charge in [-0.15, -0.1) is 0 Å². The van der Waals surface area contributed by atoms with E-state index in [9.17, 15) is 0 Å². The van der Waals surface area contributed by atoms with Gasteiger partial charge >= 0.3 is 0 Å². The Labute approximate surface area is 155 Å². The normalized spacial score (nSPS) is 57.7. The summed E-state index contributed by atoms with van der Waals surface area (Å²) in [7, 11) is 4.59. The van der Waals surface area contributed by atoms with Crippen molar-refractivity contribution in [3.63, 3.8) is 0 Å². The Bertz CT molecular complexity index is 532. The summed E-state index contributed by atoms with van der Waals surface area (Å²) in [6.45, 7) is 6.16. The van der Waals surface area contributed by atoms with Gasteiger partial charge in [0, 0.05) is 11.5 Å². The average Bonchev–Trinajstić information content (AvgIpc) is 3.11. The lowest BCUT2D eigenvalue weighted by atomic mass is 9.44. The van der Waals surface area contributed by atoms with Crippen LogP contribution in [0.4, 0.5) is 0 Å². The monoisotopic (exact) mass is 345 g/mol. The van der Waals surface area contributed by atoms with Crippen molar-refractivity contribution in [3.05, 3.63) is 0 Å². The third-order valence-electron chi connectivity index (χ3n) is 10.3. The van der Waals surface area contributed by atoms with Gasteiger partial charge in [0.15, 0.2) is 0 Å². The summed E-state index contributed by atoms with van der Waals surface area (Å²) in [5, 5.41) is 0. The van der Waals surface area contributed by atoms with Crippen molar-refractivity contribution in [2.75, 3.05) is 20.7 Å². The molecule has 142 valence electrons. The van der Waals surface area contributed by atoms with Crippen LogP contribution in [0.3, 0.4) is 0 Å². The molecule has 1 heterocycles. The predicted molar refractivity (Wildman–Crippen MR) is 102 cm³/mol. The standard InChI is InChI=1S/C23H39NO/c1-15-19-7-8-21-18-6-5-16-13-17(24(3)4)9-11-22(16,2)20(18)10-12-23(19,21)14-25-15/h15-21H,5-14H2,1-4H3/t15-,16+,17+,18-,19-,20+,21+,22+,23+/m1/s1. The molecule has 5 rings (SSSR count). The molecule has 0 aromatic heterocycles. The van der Waals surface area contributed by atoms with Crippen molar-refractivity contribution in [3.8, 4) is 0 Å².